The van der Waals surface area contributed by atoms with Crippen LogP contribution in [0.25, 0.3) is 17.6 Å². The molecule has 1 heterocycles. The van der Waals surface area contributed by atoms with E-state index >= 15 is 0 Å². The molecule has 16 heteroatoms. The lowest BCUT2D eigenvalue weighted by Gasteiger charge is -2.40. The Morgan fingerprint density at radius 1 is 1.13 bits per heavy atom. The van der Waals surface area contributed by atoms with Gasteiger partial charge in [-0.05, 0) is 18.2 Å². The van der Waals surface area contributed by atoms with E-state index in [4.69, 9.17) is 5.84 Å². The highest BCUT2D eigenvalue weighted by atomic mass is 32.5. The molecule has 0 fully saturated rings. The highest BCUT2D eigenvalue weighted by molar-refractivity contribution is 8.45. The molecule has 2 aromatic rings. The first kappa shape index (κ1) is 23.3. The van der Waals surface area contributed by atoms with E-state index < -0.39 is 56.1 Å². The Hall–Kier alpha value is -3.01. The van der Waals surface area contributed by atoms with Gasteiger partial charge in [0.15, 0.2) is 5.82 Å². The third-order valence-electron chi connectivity index (χ3n) is 3.39. The van der Waals surface area contributed by atoms with E-state index in [1.807, 2.05) is 0 Å². The van der Waals surface area contributed by atoms with Crippen molar-refractivity contribution in [3.63, 3.8) is 0 Å². The normalized spacial score (nSPS) is 15.0. The number of amides is 2. The number of hydrazine groups is 1. The topological polar surface area (TPSA) is 94.1 Å². The van der Waals surface area contributed by atoms with Gasteiger partial charge in [0, 0.05) is 24.8 Å². The van der Waals surface area contributed by atoms with E-state index in [1.165, 1.54) is 0 Å². The Balaban J connectivity index is 2.51. The number of carbonyl (C=O) groups is 2. The monoisotopic (exact) mass is 465 g/mol. The maximum Gasteiger partial charge on any atom is 0.416 e. The third kappa shape index (κ3) is 5.53. The van der Waals surface area contributed by atoms with Crippen molar-refractivity contribution in [2.75, 3.05) is 0 Å². The van der Waals surface area contributed by atoms with Gasteiger partial charge in [0.05, 0.1) is 5.56 Å². The van der Waals surface area contributed by atoms with Crippen molar-refractivity contribution < 1.29 is 42.2 Å². The number of nitrogens with zero attached hydrogens (tertiary/aromatic N) is 4. The molecule has 7 nitrogen and oxygen atoms in total. The third-order valence-corrected chi connectivity index (χ3v) is 4.52. The van der Waals surface area contributed by atoms with Gasteiger partial charge in [-0.2, -0.15) is 13.2 Å². The lowest BCUT2D eigenvalue weighted by atomic mass is 10.1. The number of carbonyl (C=O) groups excluding carboxylic acids is 2. The van der Waals surface area contributed by atoms with Crippen molar-refractivity contribution in [1.29, 1.82) is 0 Å². The van der Waals surface area contributed by atoms with Crippen molar-refractivity contribution in [1.82, 2.24) is 19.8 Å². The molecule has 166 valence electrons. The maximum absolute atomic E-state index is 13.1. The van der Waals surface area contributed by atoms with E-state index in [0.29, 0.717) is 10.8 Å². The van der Waals surface area contributed by atoms with Crippen molar-refractivity contribution >= 4 is 28.2 Å². The van der Waals surface area contributed by atoms with Crippen LogP contribution in [0.3, 0.4) is 0 Å². The summed E-state index contributed by atoms with van der Waals surface area (Å²) in [4.78, 5) is 23.1. The zero-order chi connectivity index (χ0) is 23.2. The number of hydrogen-bond acceptors (Lipinski definition) is 5. The van der Waals surface area contributed by atoms with Crippen LogP contribution in [0.2, 0.25) is 0 Å². The summed E-state index contributed by atoms with van der Waals surface area (Å²) >= 11 is 0. The van der Waals surface area contributed by atoms with Crippen molar-refractivity contribution in [3.8, 4) is 11.4 Å². The van der Waals surface area contributed by atoms with Gasteiger partial charge in [0.25, 0.3) is 5.91 Å². The predicted octanol–water partition coefficient (Wildman–Crippen LogP) is 4.34. The van der Waals surface area contributed by atoms with Gasteiger partial charge in [-0.25, -0.2) is 20.5 Å². The molecule has 0 aliphatic heterocycles. The first-order chi connectivity index (χ1) is 13.3. The number of alkyl halides is 3. The zero-order valence-electron chi connectivity index (χ0n) is 14.6. The second-order valence-electron chi connectivity index (χ2n) is 5.80. The maximum atomic E-state index is 13.1. The molecule has 1 aromatic heterocycles. The van der Waals surface area contributed by atoms with E-state index in [0.717, 1.165) is 19.5 Å². The van der Waals surface area contributed by atoms with Crippen molar-refractivity contribution in [3.05, 3.63) is 36.2 Å². The highest BCUT2D eigenvalue weighted by Gasteiger charge is 2.66. The van der Waals surface area contributed by atoms with Gasteiger partial charge in [-0.1, -0.05) is 19.4 Å². The molecule has 2 N–H and O–H groups in total. The lowest BCUT2D eigenvalue weighted by Crippen LogP contribution is -2.40. The van der Waals surface area contributed by atoms with Crippen molar-refractivity contribution in [2.24, 2.45) is 5.84 Å². The molecule has 1 aromatic carbocycles. The Morgan fingerprint density at radius 2 is 1.73 bits per heavy atom. The number of aromatic nitrogens is 3. The molecule has 0 aliphatic carbocycles. The summed E-state index contributed by atoms with van der Waals surface area (Å²) < 4.78 is 105. The van der Waals surface area contributed by atoms with E-state index in [9.17, 15) is 42.2 Å². The Labute approximate surface area is 162 Å². The van der Waals surface area contributed by atoms with Crippen LogP contribution in [0.1, 0.15) is 12.5 Å². The summed E-state index contributed by atoms with van der Waals surface area (Å²) in [6.07, 6.45) is -3.06. The first-order valence-corrected chi connectivity index (χ1v) is 9.38. The Kier molecular flexibility index (Phi) is 5.04. The van der Waals surface area contributed by atoms with Crippen LogP contribution >= 0.6 is 10.2 Å². The van der Waals surface area contributed by atoms with Gasteiger partial charge in [0.1, 0.15) is 11.2 Å². The fourth-order valence-corrected chi connectivity index (χ4v) is 2.67. The molecule has 0 saturated heterocycles. The van der Waals surface area contributed by atoms with Gasteiger partial charge in [-0.3, -0.25) is 9.59 Å². The van der Waals surface area contributed by atoms with Crippen LogP contribution in [0.15, 0.2) is 35.5 Å². The molecular formula is C14H11F8N5O2S. The zero-order valence-corrected chi connectivity index (χ0v) is 15.4. The van der Waals surface area contributed by atoms with Gasteiger partial charge < -0.3 is 0 Å². The number of rotatable bonds is 4. The summed E-state index contributed by atoms with van der Waals surface area (Å²) in [6.45, 7) is 0.975. The van der Waals surface area contributed by atoms with Crippen LogP contribution in [-0.2, 0) is 15.8 Å². The van der Waals surface area contributed by atoms with Gasteiger partial charge >= 0.3 is 16.4 Å². The second-order valence-corrected chi connectivity index (χ2v) is 8.21. The SMILES string of the molecule is CC(=O)N(N)C(=O)C=Cn1cnc(-c2cc(C(F)(F)F)cc(S(F)(F)(F)(F)F)c2)n1. The molecule has 0 unspecified atom stereocenters. The number of hydrogen-bond donors (Lipinski definition) is 1. The summed E-state index contributed by atoms with van der Waals surface area (Å²) in [5, 5.41) is 3.71. The summed E-state index contributed by atoms with van der Waals surface area (Å²) in [7, 11) is -10.4. The van der Waals surface area contributed by atoms with Gasteiger partial charge in [-0.15, -0.1) is 5.10 Å². The quantitative estimate of drug-likeness (QED) is 0.238. The number of nitrogens with two attached hydrogens (primary N) is 1. The van der Waals surface area contributed by atoms with E-state index in [-0.39, 0.29) is 17.1 Å². The number of benzene rings is 1. The summed E-state index contributed by atoms with van der Waals surface area (Å²) in [5.41, 5.74) is -2.97. The molecular weight excluding hydrogens is 454 g/mol. The average Bonchev–Trinajstić information content (AvgIpc) is 3.04. The molecule has 2 rings (SSSR count). The highest BCUT2D eigenvalue weighted by Crippen LogP contribution is 3.02. The summed E-state index contributed by atoms with van der Waals surface area (Å²) in [6, 6.07) is -0.736. The van der Waals surface area contributed by atoms with Crippen LogP contribution in [0, 0.1) is 0 Å². The predicted molar refractivity (Wildman–Crippen MR) is 88.9 cm³/mol. The summed E-state index contributed by atoms with van der Waals surface area (Å²) in [5.74, 6) is 2.50. The standard InChI is InChI=1S/C14H11F8N5O2S/c1-8(28)27(23)12(29)2-3-26-7-24-13(25-26)9-4-10(14(15,16)17)6-11(5-9)30(18,19,20,21)22/h2-7H,23H2,1H3. The van der Waals surface area contributed by atoms with Crippen LogP contribution in [0.5, 0.6) is 0 Å². The fourth-order valence-electron chi connectivity index (χ4n) is 1.97. The minimum atomic E-state index is -10.4. The molecule has 0 spiro atoms. The smallest absolute Gasteiger partial charge is 0.273 e. The minimum Gasteiger partial charge on any atom is -0.273 e. The van der Waals surface area contributed by atoms with E-state index in [1.54, 1.807) is 0 Å². The second kappa shape index (κ2) is 6.49. The Morgan fingerprint density at radius 3 is 2.23 bits per heavy atom. The molecule has 30 heavy (non-hydrogen) atoms. The molecule has 0 radical (unpaired) electrons. The fraction of sp³-hybridized carbons (Fsp3) is 0.143. The lowest BCUT2D eigenvalue weighted by molar-refractivity contribution is -0.141. The molecule has 0 saturated carbocycles. The molecule has 0 bridgehead atoms. The minimum absolute atomic E-state index is 0.166. The largest absolute Gasteiger partial charge is 0.416 e. The van der Waals surface area contributed by atoms with Crippen molar-refractivity contribution in [2.45, 2.75) is 18.0 Å². The van der Waals surface area contributed by atoms with E-state index in [2.05, 4.69) is 10.1 Å². The van der Waals surface area contributed by atoms with Gasteiger partial charge in [0.2, 0.25) is 5.91 Å². The molecule has 2 amide bonds. The number of halogens is 8. The molecule has 0 atom stereocenters. The number of imide groups is 1. The molecule has 0 aliphatic rings. The average molecular weight is 465 g/mol. The first-order valence-electron chi connectivity index (χ1n) is 7.43. The van der Waals surface area contributed by atoms with Crippen LogP contribution in [-0.4, -0.2) is 31.6 Å². The Bertz CT molecular complexity index is 1050. The van der Waals surface area contributed by atoms with Crippen LogP contribution in [0.4, 0.5) is 32.6 Å². The van der Waals surface area contributed by atoms with Crippen LogP contribution < -0.4 is 5.84 Å².